The van der Waals surface area contributed by atoms with E-state index < -0.39 is 5.97 Å². The summed E-state index contributed by atoms with van der Waals surface area (Å²) in [5, 5.41) is 11.3. The third kappa shape index (κ3) is 2.53. The number of rotatable bonds is 4. The average molecular weight is 242 g/mol. The number of carboxylic acids is 1. The van der Waals surface area contributed by atoms with Gasteiger partial charge in [-0.15, -0.1) is 0 Å². The summed E-state index contributed by atoms with van der Waals surface area (Å²) in [5.74, 6) is -0.454. The summed E-state index contributed by atoms with van der Waals surface area (Å²) in [6.07, 6.45) is 0.908. The SMILES string of the molecule is Cc1ccc(C(C)CCC(=O)O)c2ccccc12. The Kier molecular flexibility index (Phi) is 3.66. The lowest BCUT2D eigenvalue weighted by atomic mass is 9.90. The number of aryl methyl sites for hydroxylation is 1. The molecular formula is C16H18O2. The molecule has 0 aliphatic heterocycles. The van der Waals surface area contributed by atoms with Gasteiger partial charge in [0.15, 0.2) is 0 Å². The molecule has 2 rings (SSSR count). The van der Waals surface area contributed by atoms with Crippen LogP contribution in [0.1, 0.15) is 36.8 Å². The molecule has 0 spiro atoms. The lowest BCUT2D eigenvalue weighted by Crippen LogP contribution is -2.01. The Morgan fingerprint density at radius 1 is 1.17 bits per heavy atom. The molecule has 0 amide bonds. The second-order valence-electron chi connectivity index (χ2n) is 4.85. The maximum Gasteiger partial charge on any atom is 0.303 e. The zero-order chi connectivity index (χ0) is 13.1. The number of carboxylic acid groups (broad SMARTS) is 1. The van der Waals surface area contributed by atoms with Crippen LogP contribution in [0.15, 0.2) is 36.4 Å². The normalized spacial score (nSPS) is 12.6. The van der Waals surface area contributed by atoms with Crippen LogP contribution in [0.5, 0.6) is 0 Å². The van der Waals surface area contributed by atoms with Gasteiger partial charge < -0.3 is 5.11 Å². The number of benzene rings is 2. The molecule has 1 N–H and O–H groups in total. The van der Waals surface area contributed by atoms with Crippen molar-refractivity contribution < 1.29 is 9.90 Å². The molecule has 2 nitrogen and oxygen atoms in total. The van der Waals surface area contributed by atoms with Crippen LogP contribution in [0.4, 0.5) is 0 Å². The molecule has 0 aliphatic carbocycles. The molecule has 2 heteroatoms. The standard InChI is InChI=1S/C16H18O2/c1-11-7-9-14(12(2)8-10-16(17)18)15-6-4-3-5-13(11)15/h3-7,9,12H,8,10H2,1-2H3,(H,17,18). The number of carbonyl (C=O) groups is 1. The third-order valence-electron chi connectivity index (χ3n) is 3.50. The minimum atomic E-state index is -0.724. The van der Waals surface area contributed by atoms with E-state index in [1.807, 2.05) is 12.1 Å². The molecular weight excluding hydrogens is 224 g/mol. The Balaban J connectivity index is 2.39. The van der Waals surface area contributed by atoms with E-state index in [9.17, 15) is 4.79 Å². The molecule has 1 unspecified atom stereocenters. The van der Waals surface area contributed by atoms with Crippen LogP contribution in [-0.2, 0) is 4.79 Å². The van der Waals surface area contributed by atoms with E-state index in [1.165, 1.54) is 21.9 Å². The first-order chi connectivity index (χ1) is 8.59. The predicted molar refractivity (Wildman–Crippen MR) is 74.0 cm³/mol. The van der Waals surface area contributed by atoms with Gasteiger partial charge in [-0.2, -0.15) is 0 Å². The van der Waals surface area contributed by atoms with Crippen LogP contribution in [-0.4, -0.2) is 11.1 Å². The van der Waals surface area contributed by atoms with Gasteiger partial charge in [-0.25, -0.2) is 0 Å². The fourth-order valence-corrected chi connectivity index (χ4v) is 2.40. The Morgan fingerprint density at radius 2 is 1.83 bits per heavy atom. The fourth-order valence-electron chi connectivity index (χ4n) is 2.40. The monoisotopic (exact) mass is 242 g/mol. The number of fused-ring (bicyclic) bond motifs is 1. The molecule has 1 atom stereocenters. The minimum Gasteiger partial charge on any atom is -0.481 e. The van der Waals surface area contributed by atoms with Crippen molar-refractivity contribution in [3.05, 3.63) is 47.5 Å². The maximum atomic E-state index is 10.7. The Bertz CT molecular complexity index is 572. The first-order valence-electron chi connectivity index (χ1n) is 6.29. The molecule has 2 aromatic rings. The average Bonchev–Trinajstić information content (AvgIpc) is 2.37. The second-order valence-corrected chi connectivity index (χ2v) is 4.85. The molecule has 0 bridgehead atoms. The van der Waals surface area contributed by atoms with Gasteiger partial charge in [-0.1, -0.05) is 43.3 Å². The summed E-state index contributed by atoms with van der Waals surface area (Å²) < 4.78 is 0. The van der Waals surface area contributed by atoms with Gasteiger partial charge in [0, 0.05) is 6.42 Å². The smallest absolute Gasteiger partial charge is 0.303 e. The molecule has 0 aliphatic rings. The van der Waals surface area contributed by atoms with E-state index >= 15 is 0 Å². The Labute approximate surface area is 107 Å². The van der Waals surface area contributed by atoms with E-state index in [2.05, 4.69) is 38.1 Å². The first kappa shape index (κ1) is 12.6. The highest BCUT2D eigenvalue weighted by molar-refractivity contribution is 5.89. The molecule has 2 aromatic carbocycles. The Morgan fingerprint density at radius 3 is 2.50 bits per heavy atom. The van der Waals surface area contributed by atoms with Gasteiger partial charge in [0.25, 0.3) is 0 Å². The lowest BCUT2D eigenvalue weighted by Gasteiger charge is -2.15. The van der Waals surface area contributed by atoms with Crippen molar-refractivity contribution in [2.45, 2.75) is 32.6 Å². The number of hydrogen-bond acceptors (Lipinski definition) is 1. The van der Waals surface area contributed by atoms with Crippen LogP contribution < -0.4 is 0 Å². The quantitative estimate of drug-likeness (QED) is 0.875. The van der Waals surface area contributed by atoms with Crippen molar-refractivity contribution >= 4 is 16.7 Å². The number of hydrogen-bond donors (Lipinski definition) is 1. The summed E-state index contributed by atoms with van der Waals surface area (Å²) in [4.78, 5) is 10.7. The zero-order valence-corrected chi connectivity index (χ0v) is 10.8. The lowest BCUT2D eigenvalue weighted by molar-refractivity contribution is -0.137. The molecule has 0 saturated carbocycles. The number of aliphatic carboxylic acids is 1. The molecule has 0 aromatic heterocycles. The van der Waals surface area contributed by atoms with Crippen molar-refractivity contribution in [1.82, 2.24) is 0 Å². The van der Waals surface area contributed by atoms with Gasteiger partial charge in [0.05, 0.1) is 0 Å². The van der Waals surface area contributed by atoms with E-state index in [0.717, 1.165) is 0 Å². The fraction of sp³-hybridized carbons (Fsp3) is 0.312. The van der Waals surface area contributed by atoms with Crippen molar-refractivity contribution in [3.63, 3.8) is 0 Å². The first-order valence-corrected chi connectivity index (χ1v) is 6.29. The van der Waals surface area contributed by atoms with Gasteiger partial charge in [0.2, 0.25) is 0 Å². The summed E-state index contributed by atoms with van der Waals surface area (Å²) in [6.45, 7) is 4.20. The van der Waals surface area contributed by atoms with Crippen LogP contribution >= 0.6 is 0 Å². The van der Waals surface area contributed by atoms with Gasteiger partial charge in [0.1, 0.15) is 0 Å². The van der Waals surface area contributed by atoms with E-state index in [-0.39, 0.29) is 12.3 Å². The minimum absolute atomic E-state index is 0.226. The molecule has 0 saturated heterocycles. The summed E-state index contributed by atoms with van der Waals surface area (Å²) in [7, 11) is 0. The maximum absolute atomic E-state index is 10.7. The topological polar surface area (TPSA) is 37.3 Å². The van der Waals surface area contributed by atoms with Crippen molar-refractivity contribution in [3.8, 4) is 0 Å². The van der Waals surface area contributed by atoms with Crippen LogP contribution in [0.25, 0.3) is 10.8 Å². The second kappa shape index (κ2) is 5.21. The highest BCUT2D eigenvalue weighted by Crippen LogP contribution is 2.30. The van der Waals surface area contributed by atoms with E-state index in [0.29, 0.717) is 6.42 Å². The van der Waals surface area contributed by atoms with Crippen LogP contribution in [0.3, 0.4) is 0 Å². The van der Waals surface area contributed by atoms with E-state index in [1.54, 1.807) is 0 Å². The van der Waals surface area contributed by atoms with Crippen molar-refractivity contribution in [1.29, 1.82) is 0 Å². The van der Waals surface area contributed by atoms with Crippen molar-refractivity contribution in [2.75, 3.05) is 0 Å². The summed E-state index contributed by atoms with van der Waals surface area (Å²) in [6, 6.07) is 12.6. The van der Waals surface area contributed by atoms with Gasteiger partial charge >= 0.3 is 5.97 Å². The van der Waals surface area contributed by atoms with Crippen molar-refractivity contribution in [2.24, 2.45) is 0 Å². The predicted octanol–water partition coefficient (Wildman–Crippen LogP) is 4.12. The highest BCUT2D eigenvalue weighted by Gasteiger charge is 2.11. The molecule has 94 valence electrons. The van der Waals surface area contributed by atoms with Crippen LogP contribution in [0.2, 0.25) is 0 Å². The largest absolute Gasteiger partial charge is 0.481 e. The summed E-state index contributed by atoms with van der Waals surface area (Å²) >= 11 is 0. The molecule has 0 fully saturated rings. The summed E-state index contributed by atoms with van der Waals surface area (Å²) in [5.41, 5.74) is 2.51. The van der Waals surface area contributed by atoms with Gasteiger partial charge in [-0.05, 0) is 41.2 Å². The van der Waals surface area contributed by atoms with E-state index in [4.69, 9.17) is 5.11 Å². The van der Waals surface area contributed by atoms with Gasteiger partial charge in [-0.3, -0.25) is 4.79 Å². The molecule has 0 radical (unpaired) electrons. The highest BCUT2D eigenvalue weighted by atomic mass is 16.4. The zero-order valence-electron chi connectivity index (χ0n) is 10.8. The third-order valence-corrected chi connectivity index (χ3v) is 3.50. The molecule has 0 heterocycles. The Hall–Kier alpha value is -1.83. The molecule has 18 heavy (non-hydrogen) atoms. The van der Waals surface area contributed by atoms with Crippen LogP contribution in [0, 0.1) is 6.92 Å².